The van der Waals surface area contributed by atoms with E-state index in [0.717, 1.165) is 22.2 Å². The number of nitrogens with zero attached hydrogens (tertiary/aromatic N) is 2. The van der Waals surface area contributed by atoms with E-state index in [1.165, 1.54) is 48.3 Å². The number of methoxy groups -OCH3 is 2. The predicted molar refractivity (Wildman–Crippen MR) is 148 cm³/mol. The Morgan fingerprint density at radius 1 is 1.05 bits per heavy atom. The van der Waals surface area contributed by atoms with E-state index < -0.39 is 17.8 Å². The van der Waals surface area contributed by atoms with E-state index >= 15 is 0 Å². The summed E-state index contributed by atoms with van der Waals surface area (Å²) >= 11 is 2.50. The number of anilines is 1. The SMILES string of the molecule is C=CCn1c(SCC(=O)Nc2cc(C(=O)OC)cc(C(=O)OC)c2)nc2sc(-c3ccccc3)cc2c1=O. The Morgan fingerprint density at radius 2 is 1.71 bits per heavy atom. The molecule has 9 nitrogen and oxygen atoms in total. The van der Waals surface area contributed by atoms with Gasteiger partial charge < -0.3 is 14.8 Å². The molecular formula is C27H23N3O6S2. The van der Waals surface area contributed by atoms with Crippen molar-refractivity contribution in [2.24, 2.45) is 0 Å². The van der Waals surface area contributed by atoms with Crippen LogP contribution < -0.4 is 10.9 Å². The van der Waals surface area contributed by atoms with Crippen LogP contribution in [-0.4, -0.2) is 47.4 Å². The molecule has 0 spiro atoms. The third-order valence-electron chi connectivity index (χ3n) is 5.38. The van der Waals surface area contributed by atoms with E-state index in [0.29, 0.717) is 15.4 Å². The number of benzene rings is 2. The average Bonchev–Trinajstić information content (AvgIpc) is 3.37. The Morgan fingerprint density at radius 3 is 2.32 bits per heavy atom. The second kappa shape index (κ2) is 11.9. The smallest absolute Gasteiger partial charge is 0.337 e. The number of hydrogen-bond acceptors (Lipinski definition) is 9. The summed E-state index contributed by atoms with van der Waals surface area (Å²) in [7, 11) is 2.43. The van der Waals surface area contributed by atoms with Crippen molar-refractivity contribution in [3.63, 3.8) is 0 Å². The van der Waals surface area contributed by atoms with Gasteiger partial charge in [0.2, 0.25) is 5.91 Å². The number of aromatic nitrogens is 2. The van der Waals surface area contributed by atoms with Crippen LogP contribution in [0.4, 0.5) is 5.69 Å². The first-order chi connectivity index (χ1) is 18.3. The highest BCUT2D eigenvalue weighted by Gasteiger charge is 2.18. The number of ether oxygens (including phenoxy) is 2. The van der Waals surface area contributed by atoms with Crippen molar-refractivity contribution in [1.82, 2.24) is 9.55 Å². The summed E-state index contributed by atoms with van der Waals surface area (Å²) in [6.45, 7) is 3.96. The molecule has 0 saturated carbocycles. The number of thiophene rings is 1. The molecule has 11 heteroatoms. The van der Waals surface area contributed by atoms with E-state index in [-0.39, 0.29) is 34.7 Å². The van der Waals surface area contributed by atoms with Crippen molar-refractivity contribution in [2.45, 2.75) is 11.7 Å². The van der Waals surface area contributed by atoms with Crippen molar-refractivity contribution in [3.05, 3.63) is 88.7 Å². The van der Waals surface area contributed by atoms with Crippen molar-refractivity contribution >= 4 is 56.8 Å². The van der Waals surface area contributed by atoms with E-state index in [1.54, 1.807) is 6.08 Å². The van der Waals surface area contributed by atoms with Gasteiger partial charge in [-0.25, -0.2) is 14.6 Å². The van der Waals surface area contributed by atoms with Crippen LogP contribution in [0.15, 0.2) is 77.2 Å². The maximum absolute atomic E-state index is 13.3. The van der Waals surface area contributed by atoms with Gasteiger partial charge >= 0.3 is 11.9 Å². The predicted octanol–water partition coefficient (Wildman–Crippen LogP) is 4.62. The molecule has 194 valence electrons. The number of allylic oxidation sites excluding steroid dienone is 1. The summed E-state index contributed by atoms with van der Waals surface area (Å²) in [6, 6.07) is 15.7. The van der Waals surface area contributed by atoms with Crippen molar-refractivity contribution < 1.29 is 23.9 Å². The van der Waals surface area contributed by atoms with Crippen LogP contribution in [0.5, 0.6) is 0 Å². The van der Waals surface area contributed by atoms with Crippen LogP contribution >= 0.6 is 23.1 Å². The molecule has 0 bridgehead atoms. The summed E-state index contributed by atoms with van der Waals surface area (Å²) in [5.41, 5.74) is 1.15. The maximum atomic E-state index is 13.3. The van der Waals surface area contributed by atoms with Crippen LogP contribution in [0, 0.1) is 0 Å². The highest BCUT2D eigenvalue weighted by atomic mass is 32.2. The molecule has 0 saturated heterocycles. The second-order valence-corrected chi connectivity index (χ2v) is 9.89. The second-order valence-electron chi connectivity index (χ2n) is 7.91. The molecule has 2 heterocycles. The topological polar surface area (TPSA) is 117 Å². The molecular weight excluding hydrogens is 526 g/mol. The van der Waals surface area contributed by atoms with Crippen molar-refractivity contribution in [2.75, 3.05) is 25.3 Å². The highest BCUT2D eigenvalue weighted by Crippen LogP contribution is 2.32. The maximum Gasteiger partial charge on any atom is 0.337 e. The molecule has 0 fully saturated rings. The van der Waals surface area contributed by atoms with Gasteiger partial charge in [-0.05, 0) is 29.8 Å². The Bertz CT molecular complexity index is 1560. The summed E-state index contributed by atoms with van der Waals surface area (Å²) in [5.74, 6) is -1.85. The largest absolute Gasteiger partial charge is 0.465 e. The lowest BCUT2D eigenvalue weighted by Crippen LogP contribution is -2.23. The lowest BCUT2D eigenvalue weighted by atomic mass is 10.1. The van der Waals surface area contributed by atoms with E-state index in [4.69, 9.17) is 9.47 Å². The fraction of sp³-hybridized carbons (Fsp3) is 0.148. The Balaban J connectivity index is 1.59. The number of esters is 2. The molecule has 0 aliphatic carbocycles. The first-order valence-corrected chi connectivity index (χ1v) is 13.1. The third-order valence-corrected chi connectivity index (χ3v) is 7.43. The zero-order valence-electron chi connectivity index (χ0n) is 20.6. The first kappa shape index (κ1) is 26.8. The number of carbonyl (C=O) groups excluding carboxylic acids is 3. The van der Waals surface area contributed by atoms with Crippen LogP contribution in [0.2, 0.25) is 0 Å². The minimum absolute atomic E-state index is 0.0807. The molecule has 0 atom stereocenters. The normalized spacial score (nSPS) is 10.7. The van der Waals surface area contributed by atoms with Crippen LogP contribution in [0.1, 0.15) is 20.7 Å². The Labute approximate surface area is 226 Å². The van der Waals surface area contributed by atoms with E-state index in [2.05, 4.69) is 16.9 Å². The first-order valence-electron chi connectivity index (χ1n) is 11.3. The van der Waals surface area contributed by atoms with E-state index in [9.17, 15) is 19.2 Å². The number of nitrogens with one attached hydrogen (secondary N) is 1. The van der Waals surface area contributed by atoms with E-state index in [1.807, 2.05) is 36.4 Å². The Hall–Kier alpha value is -4.22. The molecule has 0 aliphatic heterocycles. The van der Waals surface area contributed by atoms with Crippen molar-refractivity contribution in [3.8, 4) is 10.4 Å². The van der Waals surface area contributed by atoms with Gasteiger partial charge in [0.05, 0.1) is 36.5 Å². The molecule has 2 aromatic carbocycles. The van der Waals surface area contributed by atoms with Crippen LogP contribution in [-0.2, 0) is 20.8 Å². The quantitative estimate of drug-likeness (QED) is 0.139. The summed E-state index contributed by atoms with van der Waals surface area (Å²) in [5, 5.41) is 3.54. The monoisotopic (exact) mass is 549 g/mol. The van der Waals surface area contributed by atoms with Gasteiger partial charge in [0.25, 0.3) is 5.56 Å². The molecule has 0 radical (unpaired) electrons. The number of carbonyl (C=O) groups is 3. The number of thioether (sulfide) groups is 1. The van der Waals surface area contributed by atoms with Gasteiger partial charge in [-0.2, -0.15) is 0 Å². The molecule has 0 aliphatic rings. The van der Waals surface area contributed by atoms with Gasteiger partial charge in [0, 0.05) is 17.1 Å². The third kappa shape index (κ3) is 5.84. The number of amides is 1. The average molecular weight is 550 g/mol. The van der Waals surface area contributed by atoms with Crippen molar-refractivity contribution in [1.29, 1.82) is 0 Å². The molecule has 4 rings (SSSR count). The molecule has 0 unspecified atom stereocenters. The molecule has 1 N–H and O–H groups in total. The molecule has 38 heavy (non-hydrogen) atoms. The lowest BCUT2D eigenvalue weighted by molar-refractivity contribution is -0.113. The Kier molecular flexibility index (Phi) is 8.39. The fourth-order valence-corrected chi connectivity index (χ4v) is 5.53. The lowest BCUT2D eigenvalue weighted by Gasteiger charge is -2.11. The minimum atomic E-state index is -0.669. The highest BCUT2D eigenvalue weighted by molar-refractivity contribution is 7.99. The number of hydrogen-bond donors (Lipinski definition) is 1. The number of fused-ring (bicyclic) bond motifs is 1. The minimum Gasteiger partial charge on any atom is -0.465 e. The van der Waals surface area contributed by atoms with Crippen LogP contribution in [0.3, 0.4) is 0 Å². The molecule has 4 aromatic rings. The summed E-state index contributed by atoms with van der Waals surface area (Å²) < 4.78 is 10.9. The van der Waals surface area contributed by atoms with Gasteiger partial charge in [-0.1, -0.05) is 48.2 Å². The van der Waals surface area contributed by atoms with Gasteiger partial charge in [-0.15, -0.1) is 17.9 Å². The standard InChI is InChI=1S/C27H23N3O6S2/c1-4-10-30-24(32)20-14-21(16-8-6-5-7-9-16)38-23(20)29-27(30)37-15-22(31)28-19-12-17(25(33)35-2)11-18(13-19)26(34)36-3/h4-9,11-14H,1,10,15H2,2-3H3,(H,28,31). The number of rotatable bonds is 9. The zero-order valence-corrected chi connectivity index (χ0v) is 22.2. The molecule has 1 amide bonds. The zero-order chi connectivity index (χ0) is 27.2. The van der Waals surface area contributed by atoms with Gasteiger partial charge in [0.15, 0.2) is 5.16 Å². The van der Waals surface area contributed by atoms with Gasteiger partial charge in [-0.3, -0.25) is 14.2 Å². The fourth-order valence-electron chi connectivity index (χ4n) is 3.64. The van der Waals surface area contributed by atoms with Crippen LogP contribution in [0.25, 0.3) is 20.7 Å². The summed E-state index contributed by atoms with van der Waals surface area (Å²) in [6.07, 6.45) is 1.59. The molecule has 2 aromatic heterocycles. The van der Waals surface area contributed by atoms with Gasteiger partial charge in [0.1, 0.15) is 4.83 Å². The summed E-state index contributed by atoms with van der Waals surface area (Å²) in [4.78, 5) is 56.3.